The van der Waals surface area contributed by atoms with E-state index < -0.39 is 0 Å². The van der Waals surface area contributed by atoms with Crippen molar-refractivity contribution in [3.8, 4) is 5.75 Å². The number of phenols is 1. The summed E-state index contributed by atoms with van der Waals surface area (Å²) >= 11 is 0. The zero-order chi connectivity index (χ0) is 14.0. The highest BCUT2D eigenvalue weighted by Gasteiger charge is 2.28. The first-order chi connectivity index (χ1) is 8.93. The van der Waals surface area contributed by atoms with Gasteiger partial charge in [0.2, 0.25) is 0 Å². The van der Waals surface area contributed by atoms with E-state index in [4.69, 9.17) is 0 Å². The van der Waals surface area contributed by atoms with Gasteiger partial charge in [-0.3, -0.25) is 4.90 Å². The maximum Gasteiger partial charge on any atom is 0.121 e. The molecule has 2 heteroatoms. The summed E-state index contributed by atoms with van der Waals surface area (Å²) in [6, 6.07) is 4.24. The number of rotatable bonds is 3. The molecule has 1 heterocycles. The fourth-order valence-corrected chi connectivity index (χ4v) is 3.00. The summed E-state index contributed by atoms with van der Waals surface area (Å²) in [5.74, 6) is 0.445. The van der Waals surface area contributed by atoms with Gasteiger partial charge in [-0.2, -0.15) is 0 Å². The van der Waals surface area contributed by atoms with E-state index in [1.165, 1.54) is 37.9 Å². The number of likely N-dealkylation sites (tertiary alicyclic amines) is 1. The molecule has 0 amide bonds. The lowest BCUT2D eigenvalue weighted by Crippen LogP contribution is -2.37. The molecule has 0 aliphatic carbocycles. The second-order valence-electron chi connectivity index (χ2n) is 6.52. The summed E-state index contributed by atoms with van der Waals surface area (Å²) in [7, 11) is 0. The largest absolute Gasteiger partial charge is 0.507 e. The molecule has 0 aromatic heterocycles. The molecule has 1 aromatic carbocycles. The standard InChI is InChI=1S/C17H27NO/c1-5-17(4)6-8-18(9-7-17)12-15-10-13(2)16(19)14(3)11-15/h10-11,19H,5-9,12H2,1-4H3. The third kappa shape index (κ3) is 3.30. The smallest absolute Gasteiger partial charge is 0.121 e. The van der Waals surface area contributed by atoms with Gasteiger partial charge in [-0.05, 0) is 61.9 Å². The van der Waals surface area contributed by atoms with Gasteiger partial charge in [0.05, 0.1) is 0 Å². The first kappa shape index (κ1) is 14.4. The predicted octanol–water partition coefficient (Wildman–Crippen LogP) is 4.02. The quantitative estimate of drug-likeness (QED) is 0.888. The Bertz CT molecular complexity index is 422. The summed E-state index contributed by atoms with van der Waals surface area (Å²) in [6.07, 6.45) is 3.90. The topological polar surface area (TPSA) is 23.5 Å². The number of hydrogen-bond acceptors (Lipinski definition) is 2. The van der Waals surface area contributed by atoms with Gasteiger partial charge in [-0.1, -0.05) is 32.4 Å². The van der Waals surface area contributed by atoms with Gasteiger partial charge in [-0.25, -0.2) is 0 Å². The van der Waals surface area contributed by atoms with Gasteiger partial charge >= 0.3 is 0 Å². The number of phenolic OH excluding ortho intramolecular Hbond substituents is 1. The van der Waals surface area contributed by atoms with Crippen LogP contribution >= 0.6 is 0 Å². The molecular formula is C17H27NO. The Morgan fingerprint density at radius 3 is 2.16 bits per heavy atom. The lowest BCUT2D eigenvalue weighted by Gasteiger charge is -2.39. The van der Waals surface area contributed by atoms with Gasteiger partial charge in [0, 0.05) is 6.54 Å². The second-order valence-corrected chi connectivity index (χ2v) is 6.52. The van der Waals surface area contributed by atoms with E-state index in [1.54, 1.807) is 0 Å². The van der Waals surface area contributed by atoms with E-state index in [-0.39, 0.29) is 0 Å². The van der Waals surface area contributed by atoms with E-state index in [0.29, 0.717) is 11.2 Å². The van der Waals surface area contributed by atoms with Crippen molar-refractivity contribution < 1.29 is 5.11 Å². The third-order valence-electron chi connectivity index (χ3n) is 4.87. The lowest BCUT2D eigenvalue weighted by atomic mass is 9.78. The van der Waals surface area contributed by atoms with Crippen molar-refractivity contribution in [2.45, 2.75) is 53.5 Å². The van der Waals surface area contributed by atoms with Crippen molar-refractivity contribution in [3.05, 3.63) is 28.8 Å². The molecule has 1 saturated heterocycles. The molecule has 1 aliphatic rings. The molecule has 0 bridgehead atoms. The van der Waals surface area contributed by atoms with Crippen LogP contribution in [0.3, 0.4) is 0 Å². The molecule has 1 aliphatic heterocycles. The molecule has 106 valence electrons. The monoisotopic (exact) mass is 261 g/mol. The van der Waals surface area contributed by atoms with Crippen molar-refractivity contribution in [1.29, 1.82) is 0 Å². The minimum absolute atomic E-state index is 0.445. The van der Waals surface area contributed by atoms with Crippen molar-refractivity contribution >= 4 is 0 Å². The van der Waals surface area contributed by atoms with Crippen LogP contribution in [0.5, 0.6) is 5.75 Å². The Morgan fingerprint density at radius 1 is 1.16 bits per heavy atom. The highest BCUT2D eigenvalue weighted by atomic mass is 16.3. The number of piperidine rings is 1. The highest BCUT2D eigenvalue weighted by molar-refractivity contribution is 5.42. The van der Waals surface area contributed by atoms with Crippen LogP contribution in [0.1, 0.15) is 49.8 Å². The van der Waals surface area contributed by atoms with E-state index in [2.05, 4.69) is 30.9 Å². The minimum Gasteiger partial charge on any atom is -0.507 e. The van der Waals surface area contributed by atoms with E-state index in [0.717, 1.165) is 17.7 Å². The van der Waals surface area contributed by atoms with Crippen LogP contribution in [0, 0.1) is 19.3 Å². The van der Waals surface area contributed by atoms with Crippen molar-refractivity contribution in [2.24, 2.45) is 5.41 Å². The van der Waals surface area contributed by atoms with Gasteiger partial charge in [0.1, 0.15) is 5.75 Å². The van der Waals surface area contributed by atoms with Crippen molar-refractivity contribution in [1.82, 2.24) is 4.90 Å². The number of aryl methyl sites for hydroxylation is 2. The molecule has 19 heavy (non-hydrogen) atoms. The normalized spacial score (nSPS) is 19.6. The van der Waals surface area contributed by atoms with E-state index in [9.17, 15) is 5.11 Å². The van der Waals surface area contributed by atoms with Crippen LogP contribution in [-0.2, 0) is 6.54 Å². The van der Waals surface area contributed by atoms with Crippen molar-refractivity contribution in [3.63, 3.8) is 0 Å². The maximum atomic E-state index is 9.82. The van der Waals surface area contributed by atoms with E-state index >= 15 is 0 Å². The van der Waals surface area contributed by atoms with Crippen LogP contribution in [0.4, 0.5) is 0 Å². The zero-order valence-electron chi connectivity index (χ0n) is 12.8. The molecule has 0 radical (unpaired) electrons. The van der Waals surface area contributed by atoms with Crippen molar-refractivity contribution in [2.75, 3.05) is 13.1 Å². The average molecular weight is 261 g/mol. The first-order valence-corrected chi connectivity index (χ1v) is 7.45. The minimum atomic E-state index is 0.445. The van der Waals surface area contributed by atoms with Gasteiger partial charge in [0.15, 0.2) is 0 Å². The molecule has 2 nitrogen and oxygen atoms in total. The summed E-state index contributed by atoms with van der Waals surface area (Å²) in [4.78, 5) is 2.54. The Balaban J connectivity index is 2.00. The highest BCUT2D eigenvalue weighted by Crippen LogP contribution is 2.34. The molecule has 2 rings (SSSR count). The molecule has 1 fully saturated rings. The Kier molecular flexibility index (Phi) is 4.19. The Labute approximate surface area is 117 Å². The fourth-order valence-electron chi connectivity index (χ4n) is 3.00. The predicted molar refractivity (Wildman–Crippen MR) is 80.5 cm³/mol. The maximum absolute atomic E-state index is 9.82. The molecule has 1 N–H and O–H groups in total. The van der Waals surface area contributed by atoms with Crippen LogP contribution in [-0.4, -0.2) is 23.1 Å². The lowest BCUT2D eigenvalue weighted by molar-refractivity contribution is 0.109. The molecule has 1 aromatic rings. The van der Waals surface area contributed by atoms with Gasteiger partial charge in [0.25, 0.3) is 0 Å². The summed E-state index contributed by atoms with van der Waals surface area (Å²) in [6.45, 7) is 12.1. The van der Waals surface area contributed by atoms with Crippen LogP contribution in [0.25, 0.3) is 0 Å². The Morgan fingerprint density at radius 2 is 1.68 bits per heavy atom. The van der Waals surface area contributed by atoms with Crippen LogP contribution in [0.15, 0.2) is 12.1 Å². The fraction of sp³-hybridized carbons (Fsp3) is 0.647. The molecule has 0 atom stereocenters. The van der Waals surface area contributed by atoms with Crippen LogP contribution < -0.4 is 0 Å². The number of hydrogen-bond donors (Lipinski definition) is 1. The van der Waals surface area contributed by atoms with Gasteiger partial charge in [-0.15, -0.1) is 0 Å². The van der Waals surface area contributed by atoms with Crippen LogP contribution in [0.2, 0.25) is 0 Å². The average Bonchev–Trinajstić information content (AvgIpc) is 2.39. The number of aromatic hydroxyl groups is 1. The summed E-state index contributed by atoms with van der Waals surface area (Å²) in [5, 5.41) is 9.82. The second kappa shape index (κ2) is 5.54. The Hall–Kier alpha value is -1.02. The third-order valence-corrected chi connectivity index (χ3v) is 4.87. The molecule has 0 unspecified atom stereocenters. The molecular weight excluding hydrogens is 234 g/mol. The summed E-state index contributed by atoms with van der Waals surface area (Å²) < 4.78 is 0. The summed E-state index contributed by atoms with van der Waals surface area (Å²) in [5.41, 5.74) is 3.86. The molecule has 0 saturated carbocycles. The zero-order valence-corrected chi connectivity index (χ0v) is 12.8. The number of benzene rings is 1. The van der Waals surface area contributed by atoms with Gasteiger partial charge < -0.3 is 5.11 Å². The first-order valence-electron chi connectivity index (χ1n) is 7.45. The number of nitrogens with zero attached hydrogens (tertiary/aromatic N) is 1. The SMILES string of the molecule is CCC1(C)CCN(Cc2cc(C)c(O)c(C)c2)CC1. The molecule has 0 spiro atoms. The van der Waals surface area contributed by atoms with E-state index in [1.807, 2.05) is 13.8 Å².